The summed E-state index contributed by atoms with van der Waals surface area (Å²) in [7, 11) is 1.58. The zero-order valence-electron chi connectivity index (χ0n) is 16.9. The molecule has 1 atom stereocenters. The van der Waals surface area contributed by atoms with Crippen LogP contribution < -0.4 is 15.4 Å². The minimum atomic E-state index is -0.530. The van der Waals surface area contributed by atoms with E-state index in [4.69, 9.17) is 4.74 Å². The number of carbonyl (C=O) groups excluding carboxylic acids is 2. The SMILES string of the molecule is COc1cccc([C@H](CC(=O)Nc2nc3ccccc3s2)NC(=O)c2ccccc2)c1. The third-order valence-electron chi connectivity index (χ3n) is 4.77. The molecular weight excluding hydrogens is 410 g/mol. The van der Waals surface area contributed by atoms with Crippen molar-refractivity contribution < 1.29 is 14.3 Å². The molecule has 0 aliphatic rings. The maximum absolute atomic E-state index is 12.8. The fraction of sp³-hybridized carbons (Fsp3) is 0.125. The Morgan fingerprint density at radius 2 is 1.77 bits per heavy atom. The van der Waals surface area contributed by atoms with Gasteiger partial charge in [-0.15, -0.1) is 0 Å². The first kappa shape index (κ1) is 20.6. The second-order valence-corrected chi connectivity index (χ2v) is 7.94. The van der Waals surface area contributed by atoms with Gasteiger partial charge in [-0.1, -0.05) is 53.8 Å². The quantitative estimate of drug-likeness (QED) is 0.440. The number of anilines is 1. The number of nitrogens with one attached hydrogen (secondary N) is 2. The first-order chi connectivity index (χ1) is 15.1. The summed E-state index contributed by atoms with van der Waals surface area (Å²) in [4.78, 5) is 30.0. The van der Waals surface area contributed by atoms with E-state index in [9.17, 15) is 9.59 Å². The van der Waals surface area contributed by atoms with Gasteiger partial charge in [0.1, 0.15) is 5.75 Å². The zero-order valence-corrected chi connectivity index (χ0v) is 17.7. The molecule has 0 saturated heterocycles. The van der Waals surface area contributed by atoms with E-state index in [-0.39, 0.29) is 18.2 Å². The molecule has 0 aliphatic heterocycles. The predicted molar refractivity (Wildman–Crippen MR) is 123 cm³/mol. The molecule has 0 spiro atoms. The van der Waals surface area contributed by atoms with Crippen LogP contribution >= 0.6 is 11.3 Å². The highest BCUT2D eigenvalue weighted by atomic mass is 32.1. The third kappa shape index (κ3) is 5.07. The van der Waals surface area contributed by atoms with Crippen molar-refractivity contribution in [3.63, 3.8) is 0 Å². The number of amides is 2. The number of carbonyl (C=O) groups is 2. The Balaban J connectivity index is 1.54. The fourth-order valence-electron chi connectivity index (χ4n) is 3.22. The van der Waals surface area contributed by atoms with Crippen molar-refractivity contribution in [2.75, 3.05) is 12.4 Å². The normalized spacial score (nSPS) is 11.6. The third-order valence-corrected chi connectivity index (χ3v) is 5.72. The highest BCUT2D eigenvalue weighted by Gasteiger charge is 2.21. The second-order valence-electron chi connectivity index (χ2n) is 6.91. The van der Waals surface area contributed by atoms with E-state index >= 15 is 0 Å². The van der Waals surface area contributed by atoms with Gasteiger partial charge in [0.05, 0.1) is 29.8 Å². The minimum absolute atomic E-state index is 0.0572. The second kappa shape index (κ2) is 9.40. The average Bonchev–Trinajstić information content (AvgIpc) is 3.21. The average molecular weight is 432 g/mol. The number of thiazole rings is 1. The number of para-hydroxylation sites is 1. The molecule has 3 aromatic carbocycles. The summed E-state index contributed by atoms with van der Waals surface area (Å²) < 4.78 is 6.31. The minimum Gasteiger partial charge on any atom is -0.497 e. The number of benzene rings is 3. The van der Waals surface area contributed by atoms with E-state index in [2.05, 4.69) is 15.6 Å². The largest absolute Gasteiger partial charge is 0.497 e. The number of hydrogen-bond acceptors (Lipinski definition) is 5. The van der Waals surface area contributed by atoms with Crippen LogP contribution in [0, 0.1) is 0 Å². The van der Waals surface area contributed by atoms with Gasteiger partial charge < -0.3 is 15.4 Å². The molecule has 6 nitrogen and oxygen atoms in total. The number of aromatic nitrogens is 1. The number of rotatable bonds is 7. The van der Waals surface area contributed by atoms with Gasteiger partial charge in [0.25, 0.3) is 5.91 Å². The molecular formula is C24H21N3O3S. The van der Waals surface area contributed by atoms with Crippen molar-refractivity contribution in [2.24, 2.45) is 0 Å². The van der Waals surface area contributed by atoms with E-state index in [0.717, 1.165) is 15.8 Å². The van der Waals surface area contributed by atoms with Crippen LogP contribution in [0.15, 0.2) is 78.9 Å². The van der Waals surface area contributed by atoms with Gasteiger partial charge in [-0.05, 0) is 42.0 Å². The van der Waals surface area contributed by atoms with Crippen LogP contribution in [0.1, 0.15) is 28.4 Å². The summed E-state index contributed by atoms with van der Waals surface area (Å²) in [6.07, 6.45) is 0.0572. The van der Waals surface area contributed by atoms with Crippen molar-refractivity contribution in [1.29, 1.82) is 0 Å². The standard InChI is InChI=1S/C24H21N3O3S/c1-30-18-11-7-10-17(14-18)20(25-23(29)16-8-3-2-4-9-16)15-22(28)27-24-26-19-12-5-6-13-21(19)31-24/h2-14,20H,15H2,1H3,(H,25,29)(H,26,27,28)/t20-/m0/s1. The lowest BCUT2D eigenvalue weighted by atomic mass is 10.0. The Morgan fingerprint density at radius 1 is 1.00 bits per heavy atom. The summed E-state index contributed by atoms with van der Waals surface area (Å²) in [6, 6.07) is 23.4. The van der Waals surface area contributed by atoms with E-state index in [1.54, 1.807) is 31.4 Å². The van der Waals surface area contributed by atoms with Crippen molar-refractivity contribution >= 4 is 38.5 Å². The van der Waals surface area contributed by atoms with Gasteiger partial charge in [0, 0.05) is 5.56 Å². The molecule has 1 heterocycles. The van der Waals surface area contributed by atoms with Crippen molar-refractivity contribution in [3.05, 3.63) is 90.0 Å². The van der Waals surface area contributed by atoms with E-state index < -0.39 is 6.04 Å². The Kier molecular flexibility index (Phi) is 6.24. The molecule has 1 aromatic heterocycles. The van der Waals surface area contributed by atoms with Gasteiger partial charge in [-0.2, -0.15) is 0 Å². The molecule has 156 valence electrons. The summed E-state index contributed by atoms with van der Waals surface area (Å²) in [6.45, 7) is 0. The lowest BCUT2D eigenvalue weighted by Crippen LogP contribution is -2.31. The molecule has 7 heteroatoms. The van der Waals surface area contributed by atoms with E-state index in [0.29, 0.717) is 16.4 Å². The Hall–Kier alpha value is -3.71. The van der Waals surface area contributed by atoms with Crippen LogP contribution in [0.5, 0.6) is 5.75 Å². The lowest BCUT2D eigenvalue weighted by molar-refractivity contribution is -0.116. The van der Waals surface area contributed by atoms with Crippen LogP contribution in [0.4, 0.5) is 5.13 Å². The van der Waals surface area contributed by atoms with Crippen molar-refractivity contribution in [3.8, 4) is 5.75 Å². The highest BCUT2D eigenvalue weighted by molar-refractivity contribution is 7.22. The zero-order chi connectivity index (χ0) is 21.6. The van der Waals surface area contributed by atoms with Crippen LogP contribution in [-0.2, 0) is 4.79 Å². The Labute approximate surface area is 183 Å². The van der Waals surface area contributed by atoms with E-state index in [1.807, 2.05) is 54.6 Å². The molecule has 0 bridgehead atoms. The number of methoxy groups -OCH3 is 1. The maximum Gasteiger partial charge on any atom is 0.251 e. The van der Waals surface area contributed by atoms with Crippen LogP contribution in [-0.4, -0.2) is 23.9 Å². The molecule has 0 aliphatic carbocycles. The molecule has 0 radical (unpaired) electrons. The van der Waals surface area contributed by atoms with Gasteiger partial charge in [-0.3, -0.25) is 9.59 Å². The number of hydrogen-bond donors (Lipinski definition) is 2. The first-order valence-corrected chi connectivity index (χ1v) is 10.6. The van der Waals surface area contributed by atoms with Crippen LogP contribution in [0.25, 0.3) is 10.2 Å². The number of ether oxygens (including phenoxy) is 1. The summed E-state index contributed by atoms with van der Waals surface area (Å²) >= 11 is 1.41. The maximum atomic E-state index is 12.8. The number of fused-ring (bicyclic) bond motifs is 1. The topological polar surface area (TPSA) is 80.3 Å². The summed E-state index contributed by atoms with van der Waals surface area (Å²) in [5.74, 6) is 0.171. The van der Waals surface area contributed by atoms with Gasteiger partial charge in [-0.25, -0.2) is 4.98 Å². The monoisotopic (exact) mass is 431 g/mol. The van der Waals surface area contributed by atoms with Crippen LogP contribution in [0.2, 0.25) is 0 Å². The summed E-state index contributed by atoms with van der Waals surface area (Å²) in [5.41, 5.74) is 2.15. The molecule has 2 amide bonds. The smallest absolute Gasteiger partial charge is 0.251 e. The van der Waals surface area contributed by atoms with Gasteiger partial charge in [0.15, 0.2) is 5.13 Å². The first-order valence-electron chi connectivity index (χ1n) is 9.77. The van der Waals surface area contributed by atoms with Crippen LogP contribution in [0.3, 0.4) is 0 Å². The number of nitrogens with zero attached hydrogens (tertiary/aromatic N) is 1. The molecule has 0 unspecified atom stereocenters. The Morgan fingerprint density at radius 3 is 2.55 bits per heavy atom. The molecule has 4 aromatic rings. The highest BCUT2D eigenvalue weighted by Crippen LogP contribution is 2.27. The molecule has 4 rings (SSSR count). The predicted octanol–water partition coefficient (Wildman–Crippen LogP) is 4.80. The van der Waals surface area contributed by atoms with E-state index in [1.165, 1.54) is 11.3 Å². The molecule has 0 saturated carbocycles. The Bertz CT molecular complexity index is 1170. The fourth-order valence-corrected chi connectivity index (χ4v) is 4.10. The molecule has 0 fully saturated rings. The molecule has 31 heavy (non-hydrogen) atoms. The van der Waals surface area contributed by atoms with Gasteiger partial charge >= 0.3 is 0 Å². The summed E-state index contributed by atoms with van der Waals surface area (Å²) in [5, 5.41) is 6.36. The van der Waals surface area contributed by atoms with Gasteiger partial charge in [0.2, 0.25) is 5.91 Å². The van der Waals surface area contributed by atoms with Crippen molar-refractivity contribution in [1.82, 2.24) is 10.3 Å². The lowest BCUT2D eigenvalue weighted by Gasteiger charge is -2.19. The van der Waals surface area contributed by atoms with Crippen molar-refractivity contribution in [2.45, 2.75) is 12.5 Å². The molecule has 2 N–H and O–H groups in total.